The number of hydrogen-bond acceptors (Lipinski definition) is 4. The van der Waals surface area contributed by atoms with Gasteiger partial charge in [-0.15, -0.1) is 0 Å². The normalized spacial score (nSPS) is 22.6. The highest BCUT2D eigenvalue weighted by Crippen LogP contribution is 2.44. The number of rotatable bonds is 5. The lowest BCUT2D eigenvalue weighted by molar-refractivity contribution is -0.0272. The van der Waals surface area contributed by atoms with Gasteiger partial charge in [-0.1, -0.05) is 17.7 Å². The first kappa shape index (κ1) is 15.4. The van der Waals surface area contributed by atoms with Crippen molar-refractivity contribution in [2.75, 3.05) is 34.4 Å². The van der Waals surface area contributed by atoms with Crippen LogP contribution < -0.4 is 14.8 Å². The van der Waals surface area contributed by atoms with Crippen LogP contribution in [0.25, 0.3) is 0 Å². The second kappa shape index (κ2) is 7.16. The van der Waals surface area contributed by atoms with Crippen LogP contribution in [0.5, 0.6) is 11.5 Å². The number of benzene rings is 1. The maximum atomic E-state index is 6.49. The van der Waals surface area contributed by atoms with Crippen LogP contribution in [0, 0.1) is 5.92 Å². The highest BCUT2D eigenvalue weighted by Gasteiger charge is 2.30. The molecule has 1 aromatic carbocycles. The first-order valence-electron chi connectivity index (χ1n) is 6.89. The Morgan fingerprint density at radius 2 is 2.15 bits per heavy atom. The van der Waals surface area contributed by atoms with Crippen molar-refractivity contribution < 1.29 is 14.2 Å². The zero-order chi connectivity index (χ0) is 14.5. The van der Waals surface area contributed by atoms with Crippen molar-refractivity contribution in [1.29, 1.82) is 0 Å². The molecule has 0 radical (unpaired) electrons. The van der Waals surface area contributed by atoms with Crippen LogP contribution in [-0.4, -0.2) is 34.4 Å². The number of halogens is 1. The molecule has 0 bridgehead atoms. The van der Waals surface area contributed by atoms with Gasteiger partial charge in [0.15, 0.2) is 11.5 Å². The fraction of sp³-hybridized carbons (Fsp3) is 0.600. The van der Waals surface area contributed by atoms with Crippen LogP contribution >= 0.6 is 11.6 Å². The van der Waals surface area contributed by atoms with Gasteiger partial charge in [0.1, 0.15) is 0 Å². The summed E-state index contributed by atoms with van der Waals surface area (Å²) in [6.45, 7) is 1.69. The Hall–Kier alpha value is -0.970. The molecule has 4 nitrogen and oxygen atoms in total. The van der Waals surface area contributed by atoms with E-state index in [-0.39, 0.29) is 6.10 Å². The van der Waals surface area contributed by atoms with Gasteiger partial charge in [-0.2, -0.15) is 0 Å². The Balaban J connectivity index is 2.35. The third-order valence-electron chi connectivity index (χ3n) is 3.73. The molecule has 0 aliphatic carbocycles. The lowest BCUT2D eigenvalue weighted by atomic mass is 9.89. The summed E-state index contributed by atoms with van der Waals surface area (Å²) in [5.74, 6) is 1.63. The molecule has 1 N–H and O–H groups in total. The molecule has 0 amide bonds. The summed E-state index contributed by atoms with van der Waals surface area (Å²) in [7, 11) is 5.16. The van der Waals surface area contributed by atoms with Crippen molar-refractivity contribution >= 4 is 11.6 Å². The van der Waals surface area contributed by atoms with E-state index in [1.807, 2.05) is 19.2 Å². The maximum Gasteiger partial charge on any atom is 0.179 e. The summed E-state index contributed by atoms with van der Waals surface area (Å²) in [5.41, 5.74) is 0.976. The number of methoxy groups -OCH3 is 2. The minimum atomic E-state index is 0.00325. The summed E-state index contributed by atoms with van der Waals surface area (Å²) in [5, 5.41) is 3.81. The molecule has 1 heterocycles. The lowest BCUT2D eigenvalue weighted by Gasteiger charge is -2.33. The fourth-order valence-corrected chi connectivity index (χ4v) is 3.12. The van der Waals surface area contributed by atoms with Gasteiger partial charge in [0.05, 0.1) is 25.3 Å². The molecule has 1 saturated heterocycles. The van der Waals surface area contributed by atoms with E-state index in [9.17, 15) is 0 Å². The molecule has 1 aliphatic rings. The molecule has 0 spiro atoms. The zero-order valence-electron chi connectivity index (χ0n) is 12.2. The van der Waals surface area contributed by atoms with Gasteiger partial charge in [0, 0.05) is 24.6 Å². The monoisotopic (exact) mass is 299 g/mol. The predicted octanol–water partition coefficient (Wildman–Crippen LogP) is 3.04. The second-order valence-corrected chi connectivity index (χ2v) is 5.33. The van der Waals surface area contributed by atoms with Gasteiger partial charge in [-0.05, 0) is 26.0 Å². The van der Waals surface area contributed by atoms with Crippen LogP contribution in [0.4, 0.5) is 0 Å². The van der Waals surface area contributed by atoms with Crippen molar-refractivity contribution in [3.8, 4) is 11.5 Å². The highest BCUT2D eigenvalue weighted by atomic mass is 35.5. The van der Waals surface area contributed by atoms with E-state index < -0.39 is 0 Å². The van der Waals surface area contributed by atoms with Crippen molar-refractivity contribution in [3.63, 3.8) is 0 Å². The maximum absolute atomic E-state index is 6.49. The molecule has 112 valence electrons. The van der Waals surface area contributed by atoms with E-state index in [4.69, 9.17) is 25.8 Å². The quantitative estimate of drug-likeness (QED) is 0.907. The third kappa shape index (κ3) is 3.03. The van der Waals surface area contributed by atoms with E-state index in [0.717, 1.165) is 31.6 Å². The van der Waals surface area contributed by atoms with Crippen molar-refractivity contribution in [2.24, 2.45) is 5.92 Å². The van der Waals surface area contributed by atoms with Crippen LogP contribution in [0.3, 0.4) is 0 Å². The molecular formula is C15H22ClNO3. The van der Waals surface area contributed by atoms with E-state index in [2.05, 4.69) is 5.32 Å². The van der Waals surface area contributed by atoms with Gasteiger partial charge in [-0.3, -0.25) is 0 Å². The summed E-state index contributed by atoms with van der Waals surface area (Å²) in [4.78, 5) is 0. The molecule has 1 aromatic rings. The Kier molecular flexibility index (Phi) is 5.52. The number of ether oxygens (including phenoxy) is 3. The molecule has 0 saturated carbocycles. The zero-order valence-corrected chi connectivity index (χ0v) is 13.0. The summed E-state index contributed by atoms with van der Waals surface area (Å²) < 4.78 is 16.6. The van der Waals surface area contributed by atoms with E-state index in [1.165, 1.54) is 0 Å². The van der Waals surface area contributed by atoms with Crippen LogP contribution in [0.15, 0.2) is 12.1 Å². The smallest absolute Gasteiger partial charge is 0.179 e. The minimum absolute atomic E-state index is 0.00325. The Bertz CT molecular complexity index is 451. The van der Waals surface area contributed by atoms with Gasteiger partial charge < -0.3 is 19.5 Å². The van der Waals surface area contributed by atoms with Crippen molar-refractivity contribution in [1.82, 2.24) is 5.32 Å². The molecular weight excluding hydrogens is 278 g/mol. The average molecular weight is 300 g/mol. The highest BCUT2D eigenvalue weighted by molar-refractivity contribution is 6.33. The van der Waals surface area contributed by atoms with E-state index >= 15 is 0 Å². The van der Waals surface area contributed by atoms with Crippen molar-refractivity contribution in [2.45, 2.75) is 18.9 Å². The number of nitrogens with one attached hydrogen (secondary N) is 1. The number of hydrogen-bond donors (Lipinski definition) is 1. The van der Waals surface area contributed by atoms with Crippen LogP contribution in [-0.2, 0) is 4.74 Å². The predicted molar refractivity (Wildman–Crippen MR) is 79.9 cm³/mol. The molecule has 20 heavy (non-hydrogen) atoms. The largest absolute Gasteiger partial charge is 0.493 e. The molecule has 1 fully saturated rings. The standard InChI is InChI=1S/C15H22ClNO3/c1-17-9-10-5-4-8-20-14(10)11-6-7-12(18-2)15(19-3)13(11)16/h6-7,10,14,17H,4-5,8-9H2,1-3H3. The van der Waals surface area contributed by atoms with E-state index in [1.54, 1.807) is 14.2 Å². The second-order valence-electron chi connectivity index (χ2n) is 4.96. The summed E-state index contributed by atoms with van der Waals surface area (Å²) in [6.07, 6.45) is 2.23. The van der Waals surface area contributed by atoms with Crippen LogP contribution in [0.2, 0.25) is 5.02 Å². The fourth-order valence-electron chi connectivity index (χ4n) is 2.78. The Labute approximate surface area is 125 Å². The summed E-state index contributed by atoms with van der Waals surface area (Å²) in [6, 6.07) is 3.86. The van der Waals surface area contributed by atoms with Gasteiger partial charge in [0.25, 0.3) is 0 Å². The first-order chi connectivity index (χ1) is 9.72. The third-order valence-corrected chi connectivity index (χ3v) is 4.12. The Morgan fingerprint density at radius 1 is 1.35 bits per heavy atom. The van der Waals surface area contributed by atoms with Gasteiger partial charge in [0.2, 0.25) is 0 Å². The summed E-state index contributed by atoms with van der Waals surface area (Å²) >= 11 is 6.49. The molecule has 1 aliphatic heterocycles. The van der Waals surface area contributed by atoms with Crippen molar-refractivity contribution in [3.05, 3.63) is 22.7 Å². The topological polar surface area (TPSA) is 39.7 Å². The average Bonchev–Trinajstić information content (AvgIpc) is 2.48. The lowest BCUT2D eigenvalue weighted by Crippen LogP contribution is -2.30. The molecule has 2 rings (SSSR count). The molecule has 2 unspecified atom stereocenters. The van der Waals surface area contributed by atoms with Crippen LogP contribution in [0.1, 0.15) is 24.5 Å². The molecule has 2 atom stereocenters. The van der Waals surface area contributed by atoms with Gasteiger partial charge in [-0.25, -0.2) is 0 Å². The molecule has 5 heteroatoms. The first-order valence-corrected chi connectivity index (χ1v) is 7.27. The van der Waals surface area contributed by atoms with Gasteiger partial charge >= 0.3 is 0 Å². The minimum Gasteiger partial charge on any atom is -0.493 e. The Morgan fingerprint density at radius 3 is 2.80 bits per heavy atom. The molecule has 0 aromatic heterocycles. The SMILES string of the molecule is CNCC1CCCOC1c1ccc(OC)c(OC)c1Cl. The van der Waals surface area contributed by atoms with E-state index in [0.29, 0.717) is 22.4 Å².